The highest BCUT2D eigenvalue weighted by Crippen LogP contribution is 2.33. The molecule has 1 aliphatic rings. The Bertz CT molecular complexity index is 816. The average molecular weight is 341 g/mol. The van der Waals surface area contributed by atoms with Crippen LogP contribution in [-0.4, -0.2) is 41.4 Å². The average Bonchev–Trinajstić information content (AvgIpc) is 2.65. The molecule has 25 heavy (non-hydrogen) atoms. The highest BCUT2D eigenvalue weighted by atomic mass is 16.5. The lowest BCUT2D eigenvalue weighted by Gasteiger charge is -2.33. The van der Waals surface area contributed by atoms with Gasteiger partial charge in [-0.1, -0.05) is 24.3 Å². The molecule has 6 heteroatoms. The first kappa shape index (κ1) is 17.4. The second kappa shape index (κ2) is 7.61. The van der Waals surface area contributed by atoms with Crippen molar-refractivity contribution in [3.05, 3.63) is 63.6 Å². The van der Waals surface area contributed by atoms with Gasteiger partial charge in [0.1, 0.15) is 5.69 Å². The van der Waals surface area contributed by atoms with Crippen molar-refractivity contribution < 1.29 is 9.53 Å². The Labute approximate surface area is 147 Å². The second-order valence-corrected chi connectivity index (χ2v) is 6.30. The van der Waals surface area contributed by atoms with E-state index in [1.807, 2.05) is 12.1 Å². The van der Waals surface area contributed by atoms with E-state index in [0.717, 1.165) is 19.3 Å². The fourth-order valence-corrected chi connectivity index (χ4v) is 3.35. The van der Waals surface area contributed by atoms with Crippen LogP contribution in [0.4, 0.5) is 0 Å². The van der Waals surface area contributed by atoms with Crippen LogP contribution in [0.3, 0.4) is 0 Å². The van der Waals surface area contributed by atoms with Gasteiger partial charge in [0.15, 0.2) is 0 Å². The predicted octanol–water partition coefficient (Wildman–Crippen LogP) is 2.04. The molecule has 1 atom stereocenters. The summed E-state index contributed by atoms with van der Waals surface area (Å²) in [6.45, 7) is 0.697. The zero-order valence-electron chi connectivity index (χ0n) is 14.6. The van der Waals surface area contributed by atoms with Gasteiger partial charge in [-0.15, -0.1) is 0 Å². The third kappa shape index (κ3) is 3.64. The summed E-state index contributed by atoms with van der Waals surface area (Å²) < 4.78 is 6.26. The number of hydrogen-bond acceptors (Lipinski definition) is 4. The van der Waals surface area contributed by atoms with Gasteiger partial charge in [0.25, 0.3) is 11.5 Å². The topological polar surface area (TPSA) is 64.4 Å². The molecule has 0 saturated carbocycles. The zero-order valence-corrected chi connectivity index (χ0v) is 14.6. The van der Waals surface area contributed by atoms with Gasteiger partial charge in [0, 0.05) is 20.2 Å². The van der Waals surface area contributed by atoms with E-state index in [1.165, 1.54) is 27.9 Å². The van der Waals surface area contributed by atoms with Gasteiger partial charge in [-0.3, -0.25) is 9.59 Å². The molecule has 0 N–H and O–H groups in total. The SMILES string of the molecule is COCCn1nc(C(=O)N(C)[C@@H]2CCCc3ccccc32)ccc1=O. The summed E-state index contributed by atoms with van der Waals surface area (Å²) in [7, 11) is 3.37. The number of methoxy groups -OCH3 is 1. The Morgan fingerprint density at radius 3 is 2.92 bits per heavy atom. The van der Waals surface area contributed by atoms with Crippen molar-refractivity contribution in [3.8, 4) is 0 Å². The first-order valence-electron chi connectivity index (χ1n) is 8.54. The molecule has 0 radical (unpaired) electrons. The number of fused-ring (bicyclic) bond motifs is 1. The van der Waals surface area contributed by atoms with E-state index < -0.39 is 0 Å². The summed E-state index contributed by atoms with van der Waals surface area (Å²) in [4.78, 5) is 26.5. The van der Waals surface area contributed by atoms with Crippen LogP contribution in [-0.2, 0) is 17.7 Å². The van der Waals surface area contributed by atoms with Crippen LogP contribution in [0.25, 0.3) is 0 Å². The molecule has 0 unspecified atom stereocenters. The third-order valence-electron chi connectivity index (χ3n) is 4.72. The maximum Gasteiger partial charge on any atom is 0.274 e. The smallest absolute Gasteiger partial charge is 0.274 e. The number of nitrogens with zero attached hydrogens (tertiary/aromatic N) is 3. The van der Waals surface area contributed by atoms with Gasteiger partial charge in [-0.2, -0.15) is 5.10 Å². The highest BCUT2D eigenvalue weighted by molar-refractivity contribution is 5.92. The Morgan fingerprint density at radius 1 is 1.32 bits per heavy atom. The van der Waals surface area contributed by atoms with Crippen molar-refractivity contribution in [2.45, 2.75) is 31.8 Å². The Kier molecular flexibility index (Phi) is 5.28. The molecule has 0 spiro atoms. The molecule has 1 aliphatic carbocycles. The number of amides is 1. The molecule has 2 aromatic rings. The number of hydrogen-bond donors (Lipinski definition) is 0. The molecule has 0 fully saturated rings. The number of benzene rings is 1. The minimum atomic E-state index is -0.237. The van der Waals surface area contributed by atoms with Crippen molar-refractivity contribution in [3.63, 3.8) is 0 Å². The van der Waals surface area contributed by atoms with E-state index in [0.29, 0.717) is 13.2 Å². The fourth-order valence-electron chi connectivity index (χ4n) is 3.35. The van der Waals surface area contributed by atoms with Crippen molar-refractivity contribution in [2.75, 3.05) is 20.8 Å². The lowest BCUT2D eigenvalue weighted by atomic mass is 9.87. The number of carbonyl (C=O) groups is 1. The molecule has 1 aromatic carbocycles. The summed E-state index contributed by atoms with van der Waals surface area (Å²) in [6, 6.07) is 11.2. The molecule has 6 nitrogen and oxygen atoms in total. The first-order valence-corrected chi connectivity index (χ1v) is 8.54. The van der Waals surface area contributed by atoms with Gasteiger partial charge in [0.2, 0.25) is 0 Å². The van der Waals surface area contributed by atoms with Crippen molar-refractivity contribution in [2.24, 2.45) is 0 Å². The lowest BCUT2D eigenvalue weighted by molar-refractivity contribution is 0.0705. The van der Waals surface area contributed by atoms with Gasteiger partial charge in [-0.05, 0) is 36.5 Å². The number of aryl methyl sites for hydroxylation is 1. The van der Waals surface area contributed by atoms with Crippen molar-refractivity contribution in [1.82, 2.24) is 14.7 Å². The van der Waals surface area contributed by atoms with Gasteiger partial charge >= 0.3 is 0 Å². The molecule has 0 bridgehead atoms. The molecule has 1 aromatic heterocycles. The number of aromatic nitrogens is 2. The molecule has 0 aliphatic heterocycles. The number of rotatable bonds is 5. The molecular formula is C19H23N3O3. The van der Waals surface area contributed by atoms with Gasteiger partial charge < -0.3 is 9.64 Å². The standard InChI is InChI=1S/C19H23N3O3/c1-21(17-9-5-7-14-6-3-4-8-15(14)17)19(24)16-10-11-18(23)22(20-16)12-13-25-2/h3-4,6,8,10-11,17H,5,7,9,12-13H2,1-2H3/t17-/m1/s1. The monoisotopic (exact) mass is 341 g/mol. The number of ether oxygens (including phenoxy) is 1. The summed E-state index contributed by atoms with van der Waals surface area (Å²) >= 11 is 0. The van der Waals surface area contributed by atoms with Crippen LogP contribution < -0.4 is 5.56 Å². The van der Waals surface area contributed by atoms with E-state index in [9.17, 15) is 9.59 Å². The highest BCUT2D eigenvalue weighted by Gasteiger charge is 2.27. The quantitative estimate of drug-likeness (QED) is 0.835. The predicted molar refractivity (Wildman–Crippen MR) is 94.6 cm³/mol. The lowest BCUT2D eigenvalue weighted by Crippen LogP contribution is -2.35. The Morgan fingerprint density at radius 2 is 2.12 bits per heavy atom. The third-order valence-corrected chi connectivity index (χ3v) is 4.72. The summed E-state index contributed by atoms with van der Waals surface area (Å²) in [6.07, 6.45) is 3.04. The summed E-state index contributed by atoms with van der Waals surface area (Å²) in [5.41, 5.74) is 2.55. The summed E-state index contributed by atoms with van der Waals surface area (Å²) in [5, 5.41) is 4.21. The van der Waals surface area contributed by atoms with Crippen LogP contribution in [0.5, 0.6) is 0 Å². The molecule has 3 rings (SSSR count). The normalized spacial score (nSPS) is 16.3. The van der Waals surface area contributed by atoms with E-state index in [1.54, 1.807) is 19.1 Å². The largest absolute Gasteiger partial charge is 0.383 e. The van der Waals surface area contributed by atoms with Crippen molar-refractivity contribution >= 4 is 5.91 Å². The first-order chi connectivity index (χ1) is 12.1. The van der Waals surface area contributed by atoms with Gasteiger partial charge in [0.05, 0.1) is 19.2 Å². The second-order valence-electron chi connectivity index (χ2n) is 6.30. The maximum atomic E-state index is 12.9. The minimum absolute atomic E-state index is 0.0404. The van der Waals surface area contributed by atoms with E-state index >= 15 is 0 Å². The number of carbonyl (C=O) groups excluding carboxylic acids is 1. The van der Waals surface area contributed by atoms with Crippen LogP contribution in [0.1, 0.15) is 40.5 Å². The van der Waals surface area contributed by atoms with Crippen LogP contribution in [0, 0.1) is 0 Å². The molecular weight excluding hydrogens is 318 g/mol. The maximum absolute atomic E-state index is 12.9. The van der Waals surface area contributed by atoms with E-state index in [-0.39, 0.29) is 23.2 Å². The molecule has 132 valence electrons. The minimum Gasteiger partial charge on any atom is -0.383 e. The molecule has 1 heterocycles. The van der Waals surface area contributed by atoms with Crippen LogP contribution in [0.2, 0.25) is 0 Å². The molecule has 0 saturated heterocycles. The van der Waals surface area contributed by atoms with Crippen molar-refractivity contribution in [1.29, 1.82) is 0 Å². The van der Waals surface area contributed by atoms with E-state index in [4.69, 9.17) is 4.74 Å². The Balaban J connectivity index is 1.85. The Hall–Kier alpha value is -2.47. The molecule has 1 amide bonds. The van der Waals surface area contributed by atoms with Crippen LogP contribution >= 0.6 is 0 Å². The van der Waals surface area contributed by atoms with Gasteiger partial charge in [-0.25, -0.2) is 4.68 Å². The zero-order chi connectivity index (χ0) is 17.8. The van der Waals surface area contributed by atoms with E-state index in [2.05, 4.69) is 17.2 Å². The van der Waals surface area contributed by atoms with Crippen LogP contribution in [0.15, 0.2) is 41.2 Å². The fraction of sp³-hybridized carbons (Fsp3) is 0.421. The summed E-state index contributed by atoms with van der Waals surface area (Å²) in [5.74, 6) is -0.173.